The van der Waals surface area contributed by atoms with Crippen molar-refractivity contribution in [1.82, 2.24) is 29.1 Å². The number of halogens is 1. The number of benzene rings is 2. The number of carbonyl (C=O) groups excluding carboxylic acids is 2. The van der Waals surface area contributed by atoms with Gasteiger partial charge in [-0.15, -0.1) is 10.2 Å². The first-order valence-electron chi connectivity index (χ1n) is 11.3. The van der Waals surface area contributed by atoms with Crippen LogP contribution >= 0.6 is 11.5 Å². The van der Waals surface area contributed by atoms with Crippen molar-refractivity contribution in [3.63, 3.8) is 0 Å². The van der Waals surface area contributed by atoms with Crippen molar-refractivity contribution < 1.29 is 23.5 Å². The number of rotatable bonds is 5. The van der Waals surface area contributed by atoms with Gasteiger partial charge in [-0.05, 0) is 67.0 Å². The lowest BCUT2D eigenvalue weighted by atomic mass is 10.3. The van der Waals surface area contributed by atoms with Crippen molar-refractivity contribution in [2.24, 2.45) is 4.99 Å². The van der Waals surface area contributed by atoms with E-state index >= 15 is 0 Å². The fourth-order valence-electron chi connectivity index (χ4n) is 3.72. The second-order valence-electron chi connectivity index (χ2n) is 8.05. The quantitative estimate of drug-likeness (QED) is 0.394. The summed E-state index contributed by atoms with van der Waals surface area (Å²) in [4.78, 5) is 32.3. The Morgan fingerprint density at radius 1 is 1.03 bits per heavy atom. The molecule has 0 N–H and O–H groups in total. The Kier molecular flexibility index (Phi) is 6.88. The zero-order valence-electron chi connectivity index (χ0n) is 20.0. The number of morpholine rings is 1. The predicted octanol–water partition coefficient (Wildman–Crippen LogP) is 2.18. The van der Waals surface area contributed by atoms with Crippen LogP contribution in [0.3, 0.4) is 0 Å². The fraction of sp³-hybridized carbons (Fsp3) is 0.250. The Hall–Kier alpha value is -4.23. The molecule has 4 aromatic rings. The number of amides is 2. The minimum atomic E-state index is -0.674. The third kappa shape index (κ3) is 5.04. The highest BCUT2D eigenvalue weighted by Crippen LogP contribution is 2.17. The molecule has 1 saturated heterocycles. The van der Waals surface area contributed by atoms with Crippen molar-refractivity contribution in [2.45, 2.75) is 6.92 Å². The van der Waals surface area contributed by atoms with Gasteiger partial charge in [0.05, 0.1) is 37.4 Å². The van der Waals surface area contributed by atoms with E-state index in [1.54, 1.807) is 43.2 Å². The second-order valence-corrected chi connectivity index (χ2v) is 8.96. The number of hydrogen-bond donors (Lipinski definition) is 0. The van der Waals surface area contributed by atoms with E-state index in [1.165, 1.54) is 33.0 Å². The highest BCUT2D eigenvalue weighted by molar-refractivity contribution is 7.04. The molecule has 2 aromatic carbocycles. The van der Waals surface area contributed by atoms with Gasteiger partial charge in [-0.25, -0.2) is 9.07 Å². The molecule has 0 radical (unpaired) electrons. The molecular weight excluding hydrogens is 501 g/mol. The monoisotopic (exact) mass is 523 g/mol. The maximum absolute atomic E-state index is 13.3. The first kappa shape index (κ1) is 24.5. The number of methoxy groups -OCH3 is 1. The van der Waals surface area contributed by atoms with E-state index in [1.807, 2.05) is 0 Å². The van der Waals surface area contributed by atoms with Crippen molar-refractivity contribution in [2.75, 3.05) is 33.4 Å². The van der Waals surface area contributed by atoms with Gasteiger partial charge in [0.2, 0.25) is 0 Å². The summed E-state index contributed by atoms with van der Waals surface area (Å²) < 4.78 is 27.0. The molecule has 2 amide bonds. The first-order chi connectivity index (χ1) is 17.9. The lowest BCUT2D eigenvalue weighted by Crippen LogP contribution is -2.42. The minimum absolute atomic E-state index is 0.0125. The van der Waals surface area contributed by atoms with Crippen LogP contribution in [-0.2, 0) is 4.74 Å². The lowest BCUT2D eigenvalue weighted by Gasteiger charge is -2.25. The molecule has 0 aliphatic carbocycles. The molecule has 0 unspecified atom stereocenters. The molecule has 1 aliphatic rings. The molecule has 11 nitrogen and oxygen atoms in total. The average Bonchev–Trinajstić information content (AvgIpc) is 3.53. The van der Waals surface area contributed by atoms with Crippen LogP contribution in [0.1, 0.15) is 26.7 Å². The third-order valence-electron chi connectivity index (χ3n) is 5.73. The highest BCUT2D eigenvalue weighted by atomic mass is 32.1. The zero-order chi connectivity index (χ0) is 25.9. The maximum atomic E-state index is 13.3. The summed E-state index contributed by atoms with van der Waals surface area (Å²) in [6, 6.07) is 12.8. The van der Waals surface area contributed by atoms with Crippen LogP contribution in [0, 0.1) is 12.7 Å². The van der Waals surface area contributed by atoms with Gasteiger partial charge in [0.15, 0.2) is 16.1 Å². The largest absolute Gasteiger partial charge is 0.497 e. The third-order valence-corrected chi connectivity index (χ3v) is 6.65. The van der Waals surface area contributed by atoms with E-state index in [9.17, 15) is 14.0 Å². The zero-order valence-corrected chi connectivity index (χ0v) is 20.8. The maximum Gasteiger partial charge on any atom is 0.300 e. The van der Waals surface area contributed by atoms with E-state index in [-0.39, 0.29) is 27.8 Å². The molecule has 0 bridgehead atoms. The van der Waals surface area contributed by atoms with Gasteiger partial charge < -0.3 is 14.4 Å². The summed E-state index contributed by atoms with van der Waals surface area (Å²) in [5.74, 6) is -0.733. The SMILES string of the molecule is COc1ccc(-n2nc(C(=O)N3CCOCC3)c(=NC(=O)c3nnn(-c4ccc(F)cc4)c3C)s2)cc1. The number of hydrogen-bond acceptors (Lipinski definition) is 8. The minimum Gasteiger partial charge on any atom is -0.497 e. The Labute approximate surface area is 214 Å². The first-order valence-corrected chi connectivity index (χ1v) is 12.1. The number of aromatic nitrogens is 5. The van der Waals surface area contributed by atoms with Gasteiger partial charge in [0, 0.05) is 13.1 Å². The fourth-order valence-corrected chi connectivity index (χ4v) is 4.57. The van der Waals surface area contributed by atoms with E-state index in [0.717, 1.165) is 11.5 Å². The molecule has 0 saturated carbocycles. The molecule has 13 heteroatoms. The Bertz CT molecular complexity index is 1500. The molecule has 1 aliphatic heterocycles. The van der Waals surface area contributed by atoms with Crippen LogP contribution in [-0.4, -0.2) is 74.3 Å². The molecule has 0 spiro atoms. The van der Waals surface area contributed by atoms with Crippen molar-refractivity contribution >= 4 is 23.3 Å². The Balaban J connectivity index is 1.54. The van der Waals surface area contributed by atoms with Crippen molar-refractivity contribution in [3.8, 4) is 17.1 Å². The van der Waals surface area contributed by atoms with Gasteiger partial charge in [-0.3, -0.25) is 9.59 Å². The van der Waals surface area contributed by atoms with Crippen LogP contribution in [0.5, 0.6) is 5.75 Å². The standard InChI is InChI=1S/C24H22FN7O4S/c1-15-20(27-29-31(15)17-5-3-16(25)4-6-17)22(33)26-23-21(24(34)30-11-13-36-14-12-30)28-32(37-23)18-7-9-19(35-2)10-8-18/h3-10H,11-14H2,1-2H3. The van der Waals surface area contributed by atoms with Crippen LogP contribution < -0.4 is 9.41 Å². The number of carbonyl (C=O) groups is 2. The highest BCUT2D eigenvalue weighted by Gasteiger charge is 2.25. The summed E-state index contributed by atoms with van der Waals surface area (Å²) in [6.45, 7) is 3.34. The average molecular weight is 524 g/mol. The van der Waals surface area contributed by atoms with Crippen LogP contribution in [0.15, 0.2) is 53.5 Å². The Morgan fingerprint density at radius 2 is 1.70 bits per heavy atom. The molecule has 3 heterocycles. The molecule has 5 rings (SSSR count). The van der Waals surface area contributed by atoms with Gasteiger partial charge in [0.25, 0.3) is 5.91 Å². The van der Waals surface area contributed by atoms with Gasteiger partial charge >= 0.3 is 5.91 Å². The summed E-state index contributed by atoms with van der Waals surface area (Å²) in [5, 5.41) is 12.5. The van der Waals surface area contributed by atoms with Crippen LogP contribution in [0.25, 0.3) is 11.4 Å². The molecular formula is C24H22FN7O4S. The van der Waals surface area contributed by atoms with Gasteiger partial charge in [-0.2, -0.15) is 9.06 Å². The van der Waals surface area contributed by atoms with Crippen LogP contribution in [0.4, 0.5) is 4.39 Å². The normalized spacial score (nSPS) is 14.1. The van der Waals surface area contributed by atoms with E-state index < -0.39 is 5.91 Å². The van der Waals surface area contributed by atoms with Gasteiger partial charge in [-0.1, -0.05) is 5.21 Å². The number of nitrogens with zero attached hydrogens (tertiary/aromatic N) is 7. The molecule has 37 heavy (non-hydrogen) atoms. The van der Waals surface area contributed by atoms with Crippen molar-refractivity contribution in [1.29, 1.82) is 0 Å². The molecule has 190 valence electrons. The molecule has 2 aromatic heterocycles. The number of ether oxygens (including phenoxy) is 2. The van der Waals surface area contributed by atoms with Crippen molar-refractivity contribution in [3.05, 3.63) is 76.1 Å². The Morgan fingerprint density at radius 3 is 2.38 bits per heavy atom. The second kappa shape index (κ2) is 10.4. The summed E-state index contributed by atoms with van der Waals surface area (Å²) >= 11 is 1.05. The summed E-state index contributed by atoms with van der Waals surface area (Å²) in [6.07, 6.45) is 0. The summed E-state index contributed by atoms with van der Waals surface area (Å²) in [5.41, 5.74) is 1.71. The van der Waals surface area contributed by atoms with E-state index in [2.05, 4.69) is 20.4 Å². The molecule has 1 fully saturated rings. The van der Waals surface area contributed by atoms with E-state index in [4.69, 9.17) is 9.47 Å². The smallest absolute Gasteiger partial charge is 0.300 e. The molecule has 0 atom stereocenters. The predicted molar refractivity (Wildman–Crippen MR) is 131 cm³/mol. The van der Waals surface area contributed by atoms with E-state index in [0.29, 0.717) is 49.1 Å². The van der Waals surface area contributed by atoms with Crippen LogP contribution in [0.2, 0.25) is 0 Å². The van der Waals surface area contributed by atoms with Gasteiger partial charge in [0.1, 0.15) is 11.6 Å². The lowest BCUT2D eigenvalue weighted by molar-refractivity contribution is 0.0297. The topological polar surface area (TPSA) is 117 Å². The summed E-state index contributed by atoms with van der Waals surface area (Å²) in [7, 11) is 1.57.